The van der Waals surface area contributed by atoms with Gasteiger partial charge >= 0.3 is 0 Å². The molecule has 122 valence electrons. The van der Waals surface area contributed by atoms with Gasteiger partial charge in [0.05, 0.1) is 0 Å². The van der Waals surface area contributed by atoms with E-state index < -0.39 is 0 Å². The molecule has 0 unspecified atom stereocenters. The van der Waals surface area contributed by atoms with Crippen molar-refractivity contribution in [1.82, 2.24) is 4.98 Å². The van der Waals surface area contributed by atoms with Gasteiger partial charge in [-0.05, 0) is 53.1 Å². The summed E-state index contributed by atoms with van der Waals surface area (Å²) in [5, 5.41) is 0. The summed E-state index contributed by atoms with van der Waals surface area (Å²) in [5.41, 5.74) is 3.79. The SMILES string of the molecule is Fc1ccc(C(=Cc2nc3ccccc3o2)c2ccc(F)cc2)cc1. The highest BCUT2D eigenvalue weighted by atomic mass is 19.1. The molecule has 2 nitrogen and oxygen atoms in total. The fraction of sp³-hybridized carbons (Fsp3) is 0. The van der Waals surface area contributed by atoms with Crippen LogP contribution >= 0.6 is 0 Å². The van der Waals surface area contributed by atoms with Crippen LogP contribution in [-0.4, -0.2) is 4.98 Å². The van der Waals surface area contributed by atoms with Crippen molar-refractivity contribution >= 4 is 22.7 Å². The summed E-state index contributed by atoms with van der Waals surface area (Å²) in [7, 11) is 0. The lowest BCUT2D eigenvalue weighted by Gasteiger charge is -2.08. The van der Waals surface area contributed by atoms with Crippen molar-refractivity contribution in [3.63, 3.8) is 0 Å². The molecule has 0 amide bonds. The quantitative estimate of drug-likeness (QED) is 0.481. The molecule has 0 fully saturated rings. The third-order valence-corrected chi connectivity index (χ3v) is 3.89. The third-order valence-electron chi connectivity index (χ3n) is 3.89. The predicted molar refractivity (Wildman–Crippen MR) is 93.8 cm³/mol. The van der Waals surface area contributed by atoms with E-state index in [2.05, 4.69) is 4.98 Å². The van der Waals surface area contributed by atoms with Crippen molar-refractivity contribution in [2.45, 2.75) is 0 Å². The zero-order valence-corrected chi connectivity index (χ0v) is 13.1. The molecule has 0 atom stereocenters. The summed E-state index contributed by atoms with van der Waals surface area (Å²) < 4.78 is 32.3. The van der Waals surface area contributed by atoms with Crippen LogP contribution in [0.3, 0.4) is 0 Å². The molecule has 0 bridgehead atoms. The minimum atomic E-state index is -0.316. The van der Waals surface area contributed by atoms with E-state index >= 15 is 0 Å². The first-order valence-corrected chi connectivity index (χ1v) is 7.78. The molecule has 25 heavy (non-hydrogen) atoms. The number of rotatable bonds is 3. The summed E-state index contributed by atoms with van der Waals surface area (Å²) in [6, 6.07) is 19.7. The zero-order valence-electron chi connectivity index (χ0n) is 13.1. The van der Waals surface area contributed by atoms with Gasteiger partial charge in [-0.2, -0.15) is 0 Å². The first kappa shape index (κ1) is 15.3. The van der Waals surface area contributed by atoms with Crippen LogP contribution < -0.4 is 0 Å². The molecular weight excluding hydrogens is 320 g/mol. The number of hydrogen-bond donors (Lipinski definition) is 0. The minimum Gasteiger partial charge on any atom is -0.437 e. The fourth-order valence-corrected chi connectivity index (χ4v) is 2.67. The lowest BCUT2D eigenvalue weighted by Crippen LogP contribution is -1.90. The van der Waals surface area contributed by atoms with Gasteiger partial charge in [0.15, 0.2) is 5.58 Å². The summed E-state index contributed by atoms with van der Waals surface area (Å²) in [6.07, 6.45) is 1.78. The average molecular weight is 333 g/mol. The first-order chi connectivity index (χ1) is 12.2. The van der Waals surface area contributed by atoms with Gasteiger partial charge in [0.2, 0.25) is 5.89 Å². The van der Waals surface area contributed by atoms with Crippen LogP contribution in [0.2, 0.25) is 0 Å². The van der Waals surface area contributed by atoms with E-state index in [4.69, 9.17) is 4.42 Å². The Bertz CT molecular complexity index is 967. The number of hydrogen-bond acceptors (Lipinski definition) is 2. The molecule has 4 heteroatoms. The molecule has 4 rings (SSSR count). The van der Waals surface area contributed by atoms with Crippen LogP contribution in [0.15, 0.2) is 77.2 Å². The van der Waals surface area contributed by atoms with Crippen LogP contribution in [0.25, 0.3) is 22.7 Å². The number of nitrogens with zero attached hydrogens (tertiary/aromatic N) is 1. The smallest absolute Gasteiger partial charge is 0.220 e. The van der Waals surface area contributed by atoms with Gasteiger partial charge < -0.3 is 4.42 Å². The van der Waals surface area contributed by atoms with Gasteiger partial charge in [-0.15, -0.1) is 0 Å². The van der Waals surface area contributed by atoms with Gasteiger partial charge in [-0.1, -0.05) is 36.4 Å². The van der Waals surface area contributed by atoms with Gasteiger partial charge in [0.25, 0.3) is 0 Å². The maximum absolute atomic E-state index is 13.3. The highest BCUT2D eigenvalue weighted by molar-refractivity contribution is 5.91. The monoisotopic (exact) mass is 333 g/mol. The molecule has 1 heterocycles. The van der Waals surface area contributed by atoms with Crippen LogP contribution in [0, 0.1) is 11.6 Å². The minimum absolute atomic E-state index is 0.316. The highest BCUT2D eigenvalue weighted by Crippen LogP contribution is 2.27. The van der Waals surface area contributed by atoms with Crippen LogP contribution in [0.4, 0.5) is 8.78 Å². The second kappa shape index (κ2) is 6.32. The predicted octanol–water partition coefficient (Wildman–Crippen LogP) is 5.69. The number of aromatic nitrogens is 1. The van der Waals surface area contributed by atoms with E-state index in [-0.39, 0.29) is 11.6 Å². The molecule has 0 radical (unpaired) electrons. The molecule has 0 N–H and O–H groups in total. The van der Waals surface area contributed by atoms with Crippen LogP contribution in [0.5, 0.6) is 0 Å². The average Bonchev–Trinajstić information content (AvgIpc) is 3.04. The molecular formula is C21H13F2NO. The molecule has 4 aromatic rings. The van der Waals surface area contributed by atoms with Crippen LogP contribution in [0.1, 0.15) is 17.0 Å². The molecule has 1 aromatic heterocycles. The summed E-state index contributed by atoms with van der Waals surface area (Å²) in [6.45, 7) is 0. The van der Waals surface area contributed by atoms with Gasteiger partial charge in [0.1, 0.15) is 17.2 Å². The van der Waals surface area contributed by atoms with Crippen molar-refractivity contribution in [2.75, 3.05) is 0 Å². The van der Waals surface area contributed by atoms with Crippen LogP contribution in [-0.2, 0) is 0 Å². The Morgan fingerprint density at radius 2 is 1.32 bits per heavy atom. The molecule has 0 aliphatic heterocycles. The summed E-state index contributed by atoms with van der Waals surface area (Å²) >= 11 is 0. The maximum atomic E-state index is 13.3. The van der Waals surface area contributed by atoms with E-state index in [9.17, 15) is 8.78 Å². The molecule has 0 saturated carbocycles. The lowest BCUT2D eigenvalue weighted by molar-refractivity contribution is 0.589. The van der Waals surface area contributed by atoms with Gasteiger partial charge in [-0.25, -0.2) is 13.8 Å². The maximum Gasteiger partial charge on any atom is 0.220 e. The van der Waals surface area contributed by atoms with Crippen molar-refractivity contribution in [1.29, 1.82) is 0 Å². The molecule has 0 aliphatic rings. The molecule has 3 aromatic carbocycles. The molecule has 0 saturated heterocycles. The second-order valence-electron chi connectivity index (χ2n) is 5.59. The van der Waals surface area contributed by atoms with Gasteiger partial charge in [0, 0.05) is 6.08 Å². The molecule has 0 aliphatic carbocycles. The Morgan fingerprint density at radius 1 is 0.760 bits per heavy atom. The van der Waals surface area contributed by atoms with E-state index in [1.165, 1.54) is 24.3 Å². The first-order valence-electron chi connectivity index (χ1n) is 7.78. The third kappa shape index (κ3) is 3.19. The summed E-state index contributed by atoms with van der Waals surface area (Å²) in [5.74, 6) is -0.196. The topological polar surface area (TPSA) is 26.0 Å². The van der Waals surface area contributed by atoms with E-state index in [0.29, 0.717) is 11.5 Å². The standard InChI is InChI=1S/C21H13F2NO/c22-16-9-5-14(6-10-16)18(15-7-11-17(23)12-8-15)13-21-24-19-3-1-2-4-20(19)25-21/h1-13H. The van der Waals surface area contributed by atoms with Crippen molar-refractivity contribution in [3.05, 3.63) is 101 Å². The lowest BCUT2D eigenvalue weighted by atomic mass is 9.97. The number of halogens is 2. The largest absolute Gasteiger partial charge is 0.437 e. The molecule has 0 spiro atoms. The van der Waals surface area contributed by atoms with E-state index in [1.54, 1.807) is 30.3 Å². The Balaban J connectivity index is 1.86. The Kier molecular flexibility index (Phi) is 3.86. The van der Waals surface area contributed by atoms with Crippen molar-refractivity contribution in [2.24, 2.45) is 0 Å². The van der Waals surface area contributed by atoms with Gasteiger partial charge in [-0.3, -0.25) is 0 Å². The highest BCUT2D eigenvalue weighted by Gasteiger charge is 2.09. The Morgan fingerprint density at radius 3 is 1.88 bits per heavy atom. The normalized spacial score (nSPS) is 10.8. The second-order valence-corrected chi connectivity index (χ2v) is 5.59. The number of oxazole rings is 1. The zero-order chi connectivity index (χ0) is 17.2. The van der Waals surface area contributed by atoms with E-state index in [1.807, 2.05) is 24.3 Å². The Hall–Kier alpha value is -3.27. The van der Waals surface area contributed by atoms with Crippen molar-refractivity contribution < 1.29 is 13.2 Å². The fourth-order valence-electron chi connectivity index (χ4n) is 2.67. The number of fused-ring (bicyclic) bond motifs is 1. The van der Waals surface area contributed by atoms with E-state index in [0.717, 1.165) is 22.2 Å². The van der Waals surface area contributed by atoms with Crippen molar-refractivity contribution in [3.8, 4) is 0 Å². The number of para-hydroxylation sites is 2. The Labute approximate surface area is 143 Å². The number of benzene rings is 3. The summed E-state index contributed by atoms with van der Waals surface area (Å²) in [4.78, 5) is 4.45.